The number of anilines is 1. The van der Waals surface area contributed by atoms with Crippen LogP contribution in [0.5, 0.6) is 0 Å². The molecule has 130 valence electrons. The van der Waals surface area contributed by atoms with E-state index in [9.17, 15) is 17.6 Å². The number of hydrogen-bond acceptors (Lipinski definition) is 4. The van der Waals surface area contributed by atoms with Gasteiger partial charge in [0, 0.05) is 10.7 Å². The number of aliphatic imine (C=N–C) groups is 1. The molecule has 0 aliphatic carbocycles. The largest absolute Gasteiger partial charge is 0.313 e. The number of carbonyl (C=O) groups excluding carboxylic acids is 1. The maximum Gasteiger partial charge on any atom is 0.253 e. The molecule has 1 aromatic carbocycles. The lowest BCUT2D eigenvalue weighted by Crippen LogP contribution is -2.38. The number of sulfone groups is 1. The van der Waals surface area contributed by atoms with Crippen molar-refractivity contribution >= 4 is 38.4 Å². The van der Waals surface area contributed by atoms with Crippen molar-refractivity contribution in [2.24, 2.45) is 10.4 Å². The number of amides is 1. The van der Waals surface area contributed by atoms with Crippen LogP contribution in [0.15, 0.2) is 29.3 Å². The molecule has 2 fully saturated rings. The molecule has 0 saturated carbocycles. The minimum Gasteiger partial charge on any atom is -0.313 e. The summed E-state index contributed by atoms with van der Waals surface area (Å²) >= 11 is 1.25. The molecule has 0 spiro atoms. The molecular formula is C16H19FN2O3S2. The fraction of sp³-hybridized carbons (Fsp3) is 0.500. The monoisotopic (exact) mass is 370 g/mol. The molecule has 2 aliphatic rings. The lowest BCUT2D eigenvalue weighted by molar-refractivity contribution is -0.124. The first-order valence-electron chi connectivity index (χ1n) is 7.62. The average Bonchev–Trinajstić information content (AvgIpc) is 2.90. The van der Waals surface area contributed by atoms with Gasteiger partial charge < -0.3 is 4.90 Å². The number of amidine groups is 1. The van der Waals surface area contributed by atoms with Gasteiger partial charge in [-0.1, -0.05) is 44.7 Å². The molecule has 0 aromatic heterocycles. The van der Waals surface area contributed by atoms with Gasteiger partial charge in [-0.3, -0.25) is 4.79 Å². The Hall–Kier alpha value is -1.41. The van der Waals surface area contributed by atoms with E-state index in [2.05, 4.69) is 4.99 Å². The first kappa shape index (κ1) is 17.4. The lowest BCUT2D eigenvalue weighted by Gasteiger charge is -2.25. The van der Waals surface area contributed by atoms with Gasteiger partial charge >= 0.3 is 0 Å². The predicted molar refractivity (Wildman–Crippen MR) is 94.6 cm³/mol. The fourth-order valence-corrected chi connectivity index (χ4v) is 6.65. The molecular weight excluding hydrogens is 351 g/mol. The number of carbonyl (C=O) groups is 1. The Bertz CT molecular complexity index is 815. The highest BCUT2D eigenvalue weighted by molar-refractivity contribution is 8.16. The minimum atomic E-state index is -3.16. The summed E-state index contributed by atoms with van der Waals surface area (Å²) in [5.41, 5.74) is -0.395. The van der Waals surface area contributed by atoms with E-state index in [0.29, 0.717) is 5.17 Å². The number of fused-ring (bicyclic) bond motifs is 1. The third kappa shape index (κ3) is 3.21. The van der Waals surface area contributed by atoms with Crippen LogP contribution < -0.4 is 4.90 Å². The molecule has 2 saturated heterocycles. The molecule has 5 nitrogen and oxygen atoms in total. The van der Waals surface area contributed by atoms with Gasteiger partial charge in [0.15, 0.2) is 15.0 Å². The Kier molecular flexibility index (Phi) is 4.24. The van der Waals surface area contributed by atoms with Crippen molar-refractivity contribution in [1.82, 2.24) is 0 Å². The van der Waals surface area contributed by atoms with Gasteiger partial charge in [0.05, 0.1) is 23.2 Å². The summed E-state index contributed by atoms with van der Waals surface area (Å²) in [5.74, 6) is -0.800. The molecule has 3 rings (SSSR count). The number of thioether (sulfide) groups is 1. The van der Waals surface area contributed by atoms with Crippen LogP contribution in [0.25, 0.3) is 0 Å². The normalized spacial score (nSPS) is 27.5. The maximum atomic E-state index is 14.3. The topological polar surface area (TPSA) is 66.8 Å². The van der Waals surface area contributed by atoms with Gasteiger partial charge in [-0.2, -0.15) is 4.99 Å². The molecule has 2 heterocycles. The average molecular weight is 370 g/mol. The first-order chi connectivity index (χ1) is 11.1. The molecule has 0 radical (unpaired) electrons. The molecule has 1 aromatic rings. The van der Waals surface area contributed by atoms with Gasteiger partial charge in [-0.25, -0.2) is 12.8 Å². The first-order valence-corrected chi connectivity index (χ1v) is 10.3. The van der Waals surface area contributed by atoms with Crippen LogP contribution >= 0.6 is 11.8 Å². The van der Waals surface area contributed by atoms with E-state index in [0.717, 1.165) is 0 Å². The van der Waals surface area contributed by atoms with Gasteiger partial charge in [0.2, 0.25) is 0 Å². The summed E-state index contributed by atoms with van der Waals surface area (Å²) in [4.78, 5) is 18.1. The summed E-state index contributed by atoms with van der Waals surface area (Å²) in [5, 5.41) is 0.144. The maximum absolute atomic E-state index is 14.3. The number of para-hydroxylation sites is 1. The second-order valence-corrected chi connectivity index (χ2v) is 10.4. The van der Waals surface area contributed by atoms with E-state index < -0.39 is 27.1 Å². The summed E-state index contributed by atoms with van der Waals surface area (Å²) < 4.78 is 38.2. The van der Waals surface area contributed by atoms with Crippen LogP contribution in [0, 0.1) is 11.2 Å². The third-order valence-electron chi connectivity index (χ3n) is 4.02. The zero-order valence-corrected chi connectivity index (χ0v) is 15.3. The zero-order chi connectivity index (χ0) is 17.7. The standard InChI is InChI=1S/C16H19FN2O3S2/c1-16(2,3)14(20)18-15-19(11-7-5-4-6-10(11)17)12-8-24(21,22)9-13(12)23-15/h4-7,12-13H,8-9H2,1-3H3/t12-,13+/m1/s1. The second kappa shape index (κ2) is 5.84. The third-order valence-corrected chi connectivity index (χ3v) is 7.23. The Morgan fingerprint density at radius 3 is 2.58 bits per heavy atom. The molecule has 0 unspecified atom stereocenters. The summed E-state index contributed by atoms with van der Waals surface area (Å²) in [6.07, 6.45) is 0. The van der Waals surface area contributed by atoms with Crippen molar-refractivity contribution in [1.29, 1.82) is 0 Å². The molecule has 0 N–H and O–H groups in total. The van der Waals surface area contributed by atoms with Crippen molar-refractivity contribution in [3.63, 3.8) is 0 Å². The molecule has 2 aliphatic heterocycles. The van der Waals surface area contributed by atoms with E-state index in [1.807, 2.05) is 0 Å². The fourth-order valence-electron chi connectivity index (χ4n) is 2.75. The number of nitrogens with zero attached hydrogens (tertiary/aromatic N) is 2. The van der Waals surface area contributed by atoms with E-state index in [1.165, 1.54) is 17.8 Å². The van der Waals surface area contributed by atoms with Crippen LogP contribution in [-0.2, 0) is 14.6 Å². The Labute approximate surface area is 145 Å². The van der Waals surface area contributed by atoms with Crippen molar-refractivity contribution in [3.05, 3.63) is 30.1 Å². The lowest BCUT2D eigenvalue weighted by atomic mass is 9.96. The highest BCUT2D eigenvalue weighted by Gasteiger charge is 2.50. The van der Waals surface area contributed by atoms with E-state index in [4.69, 9.17) is 0 Å². The number of benzene rings is 1. The molecule has 0 bridgehead atoms. The Balaban J connectivity index is 2.05. The summed E-state index contributed by atoms with van der Waals surface area (Å²) in [7, 11) is -3.16. The van der Waals surface area contributed by atoms with Crippen LogP contribution in [0.2, 0.25) is 0 Å². The Morgan fingerprint density at radius 2 is 1.96 bits per heavy atom. The highest BCUT2D eigenvalue weighted by Crippen LogP contribution is 2.41. The highest BCUT2D eigenvalue weighted by atomic mass is 32.2. The van der Waals surface area contributed by atoms with Crippen molar-refractivity contribution < 1.29 is 17.6 Å². The second-order valence-electron chi connectivity index (χ2n) is 7.07. The van der Waals surface area contributed by atoms with Crippen LogP contribution in [0.1, 0.15) is 20.8 Å². The van der Waals surface area contributed by atoms with Crippen molar-refractivity contribution in [2.75, 3.05) is 16.4 Å². The van der Waals surface area contributed by atoms with E-state index in [1.54, 1.807) is 43.9 Å². The van der Waals surface area contributed by atoms with Crippen LogP contribution in [0.4, 0.5) is 10.1 Å². The SMILES string of the molecule is CC(C)(C)C(=O)N=C1S[C@H]2CS(=O)(=O)C[C@H]2N1c1ccccc1F. The van der Waals surface area contributed by atoms with Crippen LogP contribution in [0.3, 0.4) is 0 Å². The predicted octanol–water partition coefficient (Wildman–Crippen LogP) is 2.47. The summed E-state index contributed by atoms with van der Waals surface area (Å²) in [6, 6.07) is 5.76. The molecule has 1 amide bonds. The van der Waals surface area contributed by atoms with Gasteiger partial charge in [-0.05, 0) is 12.1 Å². The quantitative estimate of drug-likeness (QED) is 0.760. The van der Waals surface area contributed by atoms with Gasteiger partial charge in [0.25, 0.3) is 5.91 Å². The number of rotatable bonds is 1. The zero-order valence-electron chi connectivity index (χ0n) is 13.7. The van der Waals surface area contributed by atoms with E-state index in [-0.39, 0.29) is 28.4 Å². The van der Waals surface area contributed by atoms with Gasteiger partial charge in [0.1, 0.15) is 5.82 Å². The van der Waals surface area contributed by atoms with Crippen molar-refractivity contribution in [2.45, 2.75) is 32.1 Å². The van der Waals surface area contributed by atoms with Crippen molar-refractivity contribution in [3.8, 4) is 0 Å². The molecule has 2 atom stereocenters. The molecule has 24 heavy (non-hydrogen) atoms. The van der Waals surface area contributed by atoms with Gasteiger partial charge in [-0.15, -0.1) is 0 Å². The Morgan fingerprint density at radius 1 is 1.29 bits per heavy atom. The number of halogens is 1. The molecule has 8 heteroatoms. The smallest absolute Gasteiger partial charge is 0.253 e. The summed E-state index contributed by atoms with van der Waals surface area (Å²) in [6.45, 7) is 5.28. The number of hydrogen-bond donors (Lipinski definition) is 0. The van der Waals surface area contributed by atoms with E-state index >= 15 is 0 Å². The minimum absolute atomic E-state index is 0.0238. The van der Waals surface area contributed by atoms with Crippen LogP contribution in [-0.4, -0.2) is 42.3 Å².